The summed E-state index contributed by atoms with van der Waals surface area (Å²) < 4.78 is 12.8. The Morgan fingerprint density at radius 3 is 2.22 bits per heavy atom. The maximum absolute atomic E-state index is 12.8. The van der Waals surface area contributed by atoms with Gasteiger partial charge in [0.1, 0.15) is 5.82 Å². The molecule has 1 fully saturated rings. The van der Waals surface area contributed by atoms with Gasteiger partial charge in [-0.2, -0.15) is 0 Å². The summed E-state index contributed by atoms with van der Waals surface area (Å²) in [5, 5.41) is -0.330. The summed E-state index contributed by atoms with van der Waals surface area (Å²) in [5.74, 6) is -0.641. The van der Waals surface area contributed by atoms with E-state index >= 15 is 0 Å². The fourth-order valence-electron chi connectivity index (χ4n) is 2.08. The molecule has 0 aromatic heterocycles. The Kier molecular flexibility index (Phi) is 3.97. The molecular formula is C13H13ClFNO2. The molecule has 96 valence electrons. The van der Waals surface area contributed by atoms with Crippen LogP contribution in [-0.2, 0) is 4.79 Å². The van der Waals surface area contributed by atoms with E-state index in [1.165, 1.54) is 24.3 Å². The summed E-state index contributed by atoms with van der Waals surface area (Å²) in [7, 11) is 0. The zero-order valence-corrected chi connectivity index (χ0v) is 10.5. The number of carbonyl (C=O) groups is 2. The van der Waals surface area contributed by atoms with E-state index in [0.29, 0.717) is 31.5 Å². The highest BCUT2D eigenvalue weighted by Gasteiger charge is 2.26. The number of likely N-dealkylation sites (tertiary alicyclic amines) is 1. The second-order valence-electron chi connectivity index (χ2n) is 4.38. The molecule has 0 atom stereocenters. The van der Waals surface area contributed by atoms with Crippen LogP contribution in [0.15, 0.2) is 24.3 Å². The van der Waals surface area contributed by atoms with Crippen molar-refractivity contribution in [1.29, 1.82) is 0 Å². The van der Waals surface area contributed by atoms with Gasteiger partial charge in [-0.05, 0) is 48.7 Å². The predicted octanol–water partition coefficient (Wildman–Crippen LogP) is 2.44. The van der Waals surface area contributed by atoms with Crippen molar-refractivity contribution in [3.8, 4) is 0 Å². The van der Waals surface area contributed by atoms with E-state index in [4.69, 9.17) is 11.6 Å². The second kappa shape index (κ2) is 5.48. The zero-order chi connectivity index (χ0) is 13.1. The number of amides is 1. The van der Waals surface area contributed by atoms with Crippen molar-refractivity contribution >= 4 is 22.8 Å². The van der Waals surface area contributed by atoms with Gasteiger partial charge in [0.05, 0.1) is 0 Å². The van der Waals surface area contributed by atoms with E-state index in [1.807, 2.05) is 0 Å². The lowest BCUT2D eigenvalue weighted by molar-refractivity contribution is -0.116. The summed E-state index contributed by atoms with van der Waals surface area (Å²) in [4.78, 5) is 24.7. The van der Waals surface area contributed by atoms with Crippen LogP contribution in [0.4, 0.5) is 4.39 Å². The summed E-state index contributed by atoms with van der Waals surface area (Å²) in [5.41, 5.74) is 0.465. The van der Waals surface area contributed by atoms with Gasteiger partial charge in [0.15, 0.2) is 0 Å². The van der Waals surface area contributed by atoms with Crippen molar-refractivity contribution in [2.75, 3.05) is 13.1 Å². The predicted molar refractivity (Wildman–Crippen MR) is 65.9 cm³/mol. The van der Waals surface area contributed by atoms with E-state index in [0.717, 1.165) is 0 Å². The lowest BCUT2D eigenvalue weighted by Gasteiger charge is -2.30. The standard InChI is InChI=1S/C13H13ClFNO2/c14-12(17)9-5-7-16(8-6-9)13(18)10-1-3-11(15)4-2-10/h1-4,9H,5-8H2. The number of benzene rings is 1. The van der Waals surface area contributed by atoms with Gasteiger partial charge in [-0.25, -0.2) is 4.39 Å². The van der Waals surface area contributed by atoms with Crippen LogP contribution in [0.1, 0.15) is 23.2 Å². The molecule has 0 saturated carbocycles. The maximum Gasteiger partial charge on any atom is 0.253 e. The minimum Gasteiger partial charge on any atom is -0.339 e. The number of hydrogen-bond acceptors (Lipinski definition) is 2. The van der Waals surface area contributed by atoms with Crippen molar-refractivity contribution in [3.63, 3.8) is 0 Å². The molecule has 1 aromatic rings. The smallest absolute Gasteiger partial charge is 0.253 e. The number of halogens is 2. The van der Waals surface area contributed by atoms with E-state index < -0.39 is 0 Å². The Morgan fingerprint density at radius 2 is 1.72 bits per heavy atom. The van der Waals surface area contributed by atoms with Gasteiger partial charge in [0, 0.05) is 24.6 Å². The average Bonchev–Trinajstić information content (AvgIpc) is 2.39. The molecule has 1 amide bonds. The van der Waals surface area contributed by atoms with Gasteiger partial charge in [0.2, 0.25) is 5.24 Å². The molecule has 0 unspecified atom stereocenters. The number of carbonyl (C=O) groups excluding carboxylic acids is 2. The first-order valence-corrected chi connectivity index (χ1v) is 6.20. The Hall–Kier alpha value is -1.42. The average molecular weight is 270 g/mol. The van der Waals surface area contributed by atoms with E-state index in [2.05, 4.69) is 0 Å². The van der Waals surface area contributed by atoms with Crippen LogP contribution in [0.2, 0.25) is 0 Å². The fourth-order valence-corrected chi connectivity index (χ4v) is 2.30. The zero-order valence-electron chi connectivity index (χ0n) is 9.73. The summed E-state index contributed by atoms with van der Waals surface area (Å²) >= 11 is 5.43. The Bertz CT molecular complexity index is 453. The van der Waals surface area contributed by atoms with Crippen molar-refractivity contribution in [3.05, 3.63) is 35.6 Å². The number of piperidine rings is 1. The Morgan fingerprint density at radius 1 is 1.17 bits per heavy atom. The van der Waals surface area contributed by atoms with Gasteiger partial charge in [-0.15, -0.1) is 0 Å². The molecular weight excluding hydrogens is 257 g/mol. The van der Waals surface area contributed by atoms with Crippen LogP contribution in [-0.4, -0.2) is 29.1 Å². The maximum atomic E-state index is 12.8. The quantitative estimate of drug-likeness (QED) is 0.774. The Labute approximate surface area is 110 Å². The molecule has 3 nitrogen and oxygen atoms in total. The lowest BCUT2D eigenvalue weighted by atomic mass is 9.98. The van der Waals surface area contributed by atoms with Gasteiger partial charge < -0.3 is 4.90 Å². The van der Waals surface area contributed by atoms with Crippen molar-refractivity contribution < 1.29 is 14.0 Å². The van der Waals surface area contributed by atoms with Crippen LogP contribution >= 0.6 is 11.6 Å². The minimum atomic E-state index is -0.363. The normalized spacial score (nSPS) is 16.7. The third-order valence-electron chi connectivity index (χ3n) is 3.19. The van der Waals surface area contributed by atoms with Crippen LogP contribution in [0.5, 0.6) is 0 Å². The van der Waals surface area contributed by atoms with Gasteiger partial charge >= 0.3 is 0 Å². The van der Waals surface area contributed by atoms with Gasteiger partial charge in [-0.1, -0.05) is 0 Å². The molecule has 2 rings (SSSR count). The summed E-state index contributed by atoms with van der Waals surface area (Å²) in [6.45, 7) is 1.03. The first kappa shape index (κ1) is 13.0. The minimum absolute atomic E-state index is 0.129. The molecule has 1 aromatic carbocycles. The molecule has 1 aliphatic rings. The molecule has 0 aliphatic carbocycles. The first-order chi connectivity index (χ1) is 8.58. The molecule has 0 spiro atoms. The summed E-state index contributed by atoms with van der Waals surface area (Å²) in [6, 6.07) is 5.47. The van der Waals surface area contributed by atoms with Crippen LogP contribution < -0.4 is 0 Å². The molecule has 18 heavy (non-hydrogen) atoms. The number of hydrogen-bond donors (Lipinski definition) is 0. The van der Waals surface area contributed by atoms with Crippen LogP contribution in [0, 0.1) is 11.7 Å². The van der Waals surface area contributed by atoms with Crippen molar-refractivity contribution in [2.24, 2.45) is 5.92 Å². The molecule has 0 bridgehead atoms. The van der Waals surface area contributed by atoms with Crippen LogP contribution in [0.3, 0.4) is 0 Å². The first-order valence-electron chi connectivity index (χ1n) is 5.82. The number of nitrogens with zero attached hydrogens (tertiary/aromatic N) is 1. The highest BCUT2D eigenvalue weighted by atomic mass is 35.5. The molecule has 0 radical (unpaired) electrons. The van der Waals surface area contributed by atoms with E-state index in [9.17, 15) is 14.0 Å². The third-order valence-corrected chi connectivity index (χ3v) is 3.50. The topological polar surface area (TPSA) is 37.4 Å². The second-order valence-corrected chi connectivity index (χ2v) is 4.75. The molecule has 5 heteroatoms. The SMILES string of the molecule is O=C(Cl)C1CCN(C(=O)c2ccc(F)cc2)CC1. The summed E-state index contributed by atoms with van der Waals surface area (Å²) in [6.07, 6.45) is 1.19. The Balaban J connectivity index is 1.99. The van der Waals surface area contributed by atoms with E-state index in [-0.39, 0.29) is 22.9 Å². The van der Waals surface area contributed by atoms with Gasteiger partial charge in [-0.3, -0.25) is 9.59 Å². The molecule has 0 N–H and O–H groups in total. The highest BCUT2D eigenvalue weighted by molar-refractivity contribution is 6.64. The number of rotatable bonds is 2. The van der Waals surface area contributed by atoms with E-state index in [1.54, 1.807) is 4.90 Å². The molecule has 1 heterocycles. The molecule has 1 aliphatic heterocycles. The molecule has 1 saturated heterocycles. The highest BCUT2D eigenvalue weighted by Crippen LogP contribution is 2.21. The van der Waals surface area contributed by atoms with Gasteiger partial charge in [0.25, 0.3) is 5.91 Å². The lowest BCUT2D eigenvalue weighted by Crippen LogP contribution is -2.39. The monoisotopic (exact) mass is 269 g/mol. The van der Waals surface area contributed by atoms with Crippen molar-refractivity contribution in [2.45, 2.75) is 12.8 Å². The van der Waals surface area contributed by atoms with Crippen molar-refractivity contribution in [1.82, 2.24) is 4.90 Å². The third kappa shape index (κ3) is 2.88. The largest absolute Gasteiger partial charge is 0.339 e. The fraction of sp³-hybridized carbons (Fsp3) is 0.385. The van der Waals surface area contributed by atoms with Crippen LogP contribution in [0.25, 0.3) is 0 Å².